The average Bonchev–Trinajstić information content (AvgIpc) is 2.77. The van der Waals surface area contributed by atoms with E-state index in [-0.39, 0.29) is 19.7 Å². The molecule has 0 radical (unpaired) electrons. The first-order chi connectivity index (χ1) is 14.9. The van der Waals surface area contributed by atoms with Crippen molar-refractivity contribution >= 4 is 6.47 Å². The maximum absolute atomic E-state index is 10.7. The molecular weight excluding hydrogens is 424 g/mol. The van der Waals surface area contributed by atoms with E-state index >= 15 is 0 Å². The molecule has 2 aliphatic heterocycles. The molecule has 31 heavy (non-hydrogen) atoms. The van der Waals surface area contributed by atoms with Gasteiger partial charge in [-0.1, -0.05) is 6.92 Å². The van der Waals surface area contributed by atoms with Gasteiger partial charge in [-0.2, -0.15) is 0 Å². The average molecular weight is 456 g/mol. The second kappa shape index (κ2) is 12.9. The lowest BCUT2D eigenvalue weighted by Gasteiger charge is -2.46. The second-order valence-corrected chi connectivity index (χ2v) is 7.19. The standard InChI is InChI=1S/C18H32O13/c1-2-3-26-4-5-27-18-16(13(24)11(22)9(6-19)30-18)31-17-14(25)15(28-8-21)12(23)10(7-20)29-17/h8-20,22-25H,2-7H2,1H3/t9-,10+,11+,12+,13-,14-,15-,16-,17+,18-/m0/s1. The summed E-state index contributed by atoms with van der Waals surface area (Å²) in [4.78, 5) is 10.7. The number of hydrogen-bond donors (Lipinski definition) is 6. The molecule has 182 valence electrons. The van der Waals surface area contributed by atoms with Crippen LogP contribution in [0.4, 0.5) is 0 Å². The molecule has 13 nitrogen and oxygen atoms in total. The minimum atomic E-state index is -1.70. The number of carbonyl (C=O) groups excluding carboxylic acids is 1. The predicted molar refractivity (Wildman–Crippen MR) is 98.4 cm³/mol. The summed E-state index contributed by atoms with van der Waals surface area (Å²) in [5.74, 6) is 0. The summed E-state index contributed by atoms with van der Waals surface area (Å²) in [6.45, 7) is 1.43. The molecule has 2 fully saturated rings. The van der Waals surface area contributed by atoms with E-state index in [9.17, 15) is 35.4 Å². The van der Waals surface area contributed by atoms with Crippen LogP contribution in [-0.2, 0) is 33.2 Å². The largest absolute Gasteiger partial charge is 0.459 e. The van der Waals surface area contributed by atoms with Crippen LogP contribution in [0.1, 0.15) is 13.3 Å². The molecule has 0 aromatic heterocycles. The lowest BCUT2D eigenvalue weighted by atomic mass is 9.97. The van der Waals surface area contributed by atoms with Crippen molar-refractivity contribution < 1.29 is 63.9 Å². The van der Waals surface area contributed by atoms with E-state index < -0.39 is 74.6 Å². The Hall–Kier alpha value is -0.970. The normalized spacial score (nSPS) is 41.1. The van der Waals surface area contributed by atoms with E-state index in [1.165, 1.54) is 0 Å². The second-order valence-electron chi connectivity index (χ2n) is 7.19. The van der Waals surface area contributed by atoms with Gasteiger partial charge in [0.25, 0.3) is 6.47 Å². The Kier molecular flexibility index (Phi) is 10.9. The summed E-state index contributed by atoms with van der Waals surface area (Å²) in [6.07, 6.45) is -13.8. The summed E-state index contributed by atoms with van der Waals surface area (Å²) in [6, 6.07) is 0. The molecule has 0 aliphatic carbocycles. The third kappa shape index (κ3) is 6.52. The number of hydrogen-bond acceptors (Lipinski definition) is 13. The molecule has 0 saturated carbocycles. The highest BCUT2D eigenvalue weighted by Crippen LogP contribution is 2.30. The van der Waals surface area contributed by atoms with Crippen molar-refractivity contribution in [2.75, 3.05) is 33.0 Å². The molecule has 0 spiro atoms. The number of rotatable bonds is 12. The smallest absolute Gasteiger partial charge is 0.293 e. The zero-order chi connectivity index (χ0) is 23.0. The molecule has 0 unspecified atom stereocenters. The Morgan fingerprint density at radius 1 is 0.806 bits per heavy atom. The molecule has 2 saturated heterocycles. The van der Waals surface area contributed by atoms with Crippen molar-refractivity contribution in [2.24, 2.45) is 0 Å². The minimum Gasteiger partial charge on any atom is -0.459 e. The highest BCUT2D eigenvalue weighted by molar-refractivity contribution is 5.38. The van der Waals surface area contributed by atoms with Gasteiger partial charge in [0, 0.05) is 6.61 Å². The first-order valence-electron chi connectivity index (χ1n) is 10.1. The number of aliphatic hydroxyl groups is 6. The van der Waals surface area contributed by atoms with Crippen molar-refractivity contribution in [2.45, 2.75) is 74.8 Å². The Labute approximate surface area is 179 Å². The van der Waals surface area contributed by atoms with Gasteiger partial charge in [0.1, 0.15) is 42.7 Å². The van der Waals surface area contributed by atoms with Crippen LogP contribution < -0.4 is 0 Å². The molecule has 2 rings (SSSR count). The summed E-state index contributed by atoms with van der Waals surface area (Å²) in [5.41, 5.74) is 0. The van der Waals surface area contributed by atoms with Gasteiger partial charge in [-0.05, 0) is 6.42 Å². The van der Waals surface area contributed by atoms with Gasteiger partial charge in [-0.15, -0.1) is 0 Å². The summed E-state index contributed by atoms with van der Waals surface area (Å²) < 4.78 is 31.9. The molecule has 0 aromatic carbocycles. The maximum Gasteiger partial charge on any atom is 0.293 e. The quantitative estimate of drug-likeness (QED) is 0.124. The molecule has 0 bridgehead atoms. The summed E-state index contributed by atoms with van der Waals surface area (Å²) >= 11 is 0. The highest BCUT2D eigenvalue weighted by atomic mass is 16.8. The van der Waals surface area contributed by atoms with Crippen LogP contribution >= 0.6 is 0 Å². The van der Waals surface area contributed by atoms with Gasteiger partial charge in [0.2, 0.25) is 0 Å². The topological polar surface area (TPSA) is 194 Å². The summed E-state index contributed by atoms with van der Waals surface area (Å²) in [7, 11) is 0. The molecule has 2 aliphatic rings. The van der Waals surface area contributed by atoms with E-state index in [4.69, 9.17) is 28.4 Å². The summed E-state index contributed by atoms with van der Waals surface area (Å²) in [5, 5.41) is 60.0. The Bertz CT molecular complexity index is 523. The third-order valence-electron chi connectivity index (χ3n) is 5.01. The Balaban J connectivity index is 2.13. The maximum atomic E-state index is 10.7. The highest BCUT2D eigenvalue weighted by Gasteiger charge is 2.51. The van der Waals surface area contributed by atoms with Gasteiger partial charge in [0.05, 0.1) is 26.4 Å². The molecular formula is C18H32O13. The van der Waals surface area contributed by atoms with Crippen LogP contribution in [-0.4, -0.2) is 132 Å². The lowest BCUT2D eigenvalue weighted by Crippen LogP contribution is -2.65. The van der Waals surface area contributed by atoms with Crippen molar-refractivity contribution in [1.29, 1.82) is 0 Å². The Morgan fingerprint density at radius 2 is 1.45 bits per heavy atom. The van der Waals surface area contributed by atoms with Crippen molar-refractivity contribution in [1.82, 2.24) is 0 Å². The van der Waals surface area contributed by atoms with Crippen molar-refractivity contribution in [3.05, 3.63) is 0 Å². The van der Waals surface area contributed by atoms with Crippen molar-refractivity contribution in [3.8, 4) is 0 Å². The molecule has 0 amide bonds. The van der Waals surface area contributed by atoms with Gasteiger partial charge in [-0.25, -0.2) is 0 Å². The lowest BCUT2D eigenvalue weighted by molar-refractivity contribution is -0.367. The van der Waals surface area contributed by atoms with E-state index in [1.807, 2.05) is 6.92 Å². The van der Waals surface area contributed by atoms with Crippen LogP contribution in [0.2, 0.25) is 0 Å². The first kappa shape index (κ1) is 26.3. The fourth-order valence-electron chi connectivity index (χ4n) is 3.35. The van der Waals surface area contributed by atoms with Crippen LogP contribution in [0.3, 0.4) is 0 Å². The van der Waals surface area contributed by atoms with Crippen LogP contribution in [0.15, 0.2) is 0 Å². The zero-order valence-corrected chi connectivity index (χ0v) is 17.1. The molecule has 10 atom stereocenters. The van der Waals surface area contributed by atoms with Crippen LogP contribution in [0.5, 0.6) is 0 Å². The molecule has 6 N–H and O–H groups in total. The number of carbonyl (C=O) groups is 1. The number of aliphatic hydroxyl groups excluding tert-OH is 6. The Morgan fingerprint density at radius 3 is 2.06 bits per heavy atom. The van der Waals surface area contributed by atoms with E-state index in [0.717, 1.165) is 6.42 Å². The predicted octanol–water partition coefficient (Wildman–Crippen LogP) is -3.77. The molecule has 0 aromatic rings. The van der Waals surface area contributed by atoms with Crippen LogP contribution in [0, 0.1) is 0 Å². The molecule has 2 heterocycles. The van der Waals surface area contributed by atoms with E-state index in [1.54, 1.807) is 0 Å². The van der Waals surface area contributed by atoms with Gasteiger partial charge < -0.3 is 59.1 Å². The minimum absolute atomic E-state index is 0.0182. The monoisotopic (exact) mass is 456 g/mol. The van der Waals surface area contributed by atoms with Crippen LogP contribution in [0.25, 0.3) is 0 Å². The van der Waals surface area contributed by atoms with E-state index in [2.05, 4.69) is 0 Å². The fraction of sp³-hybridized carbons (Fsp3) is 0.944. The van der Waals surface area contributed by atoms with Gasteiger partial charge >= 0.3 is 0 Å². The van der Waals surface area contributed by atoms with E-state index in [0.29, 0.717) is 6.61 Å². The third-order valence-corrected chi connectivity index (χ3v) is 5.01. The number of ether oxygens (including phenoxy) is 6. The van der Waals surface area contributed by atoms with Gasteiger partial charge in [-0.3, -0.25) is 4.79 Å². The first-order valence-corrected chi connectivity index (χ1v) is 10.1. The molecule has 13 heteroatoms. The SMILES string of the molecule is CCCOCCO[C@H]1O[C@@H](CO)[C@@H](O)[C@H](O)[C@@H]1O[C@H]1O[C@H](CO)[C@@H](O)[C@H](OC=O)[C@@H]1O. The van der Waals surface area contributed by atoms with Crippen molar-refractivity contribution in [3.63, 3.8) is 0 Å². The van der Waals surface area contributed by atoms with Gasteiger partial charge in [0.15, 0.2) is 18.7 Å². The fourth-order valence-corrected chi connectivity index (χ4v) is 3.35. The zero-order valence-electron chi connectivity index (χ0n) is 17.1.